The van der Waals surface area contributed by atoms with E-state index in [4.69, 9.17) is 5.26 Å². The van der Waals surface area contributed by atoms with Gasteiger partial charge in [0.25, 0.3) is 0 Å². The van der Waals surface area contributed by atoms with Gasteiger partial charge in [0.1, 0.15) is 5.82 Å². The van der Waals surface area contributed by atoms with Gasteiger partial charge in [-0.1, -0.05) is 6.07 Å². The zero-order chi connectivity index (χ0) is 11.3. The summed E-state index contributed by atoms with van der Waals surface area (Å²) in [5, 5.41) is 11.7. The van der Waals surface area contributed by atoms with Crippen molar-refractivity contribution in [2.75, 3.05) is 6.54 Å². The van der Waals surface area contributed by atoms with Gasteiger partial charge in [-0.15, -0.1) is 0 Å². The van der Waals surface area contributed by atoms with E-state index in [2.05, 4.69) is 27.3 Å². The van der Waals surface area contributed by atoms with Crippen LogP contribution in [0.2, 0.25) is 0 Å². The largest absolute Gasteiger partial charge is 0.311 e. The second-order valence-corrected chi connectivity index (χ2v) is 4.26. The predicted molar refractivity (Wildman–Crippen MR) is 60.6 cm³/mol. The van der Waals surface area contributed by atoms with Gasteiger partial charge in [-0.05, 0) is 40.5 Å². The fourth-order valence-corrected chi connectivity index (χ4v) is 1.37. The van der Waals surface area contributed by atoms with E-state index in [1.807, 2.05) is 13.0 Å². The molecule has 1 unspecified atom stereocenters. The third kappa shape index (κ3) is 3.98. The lowest BCUT2D eigenvalue weighted by Crippen LogP contribution is -2.19. The first-order chi connectivity index (χ1) is 7.13. The molecule has 0 radical (unpaired) electrons. The maximum Gasteiger partial charge on any atom is 0.137 e. The molecular formula is C11H12BrFN2. The highest BCUT2D eigenvalue weighted by atomic mass is 79.9. The lowest BCUT2D eigenvalue weighted by molar-refractivity contribution is 0.591. The van der Waals surface area contributed by atoms with Crippen molar-refractivity contribution in [3.63, 3.8) is 0 Å². The molecule has 1 aromatic carbocycles. The third-order valence-corrected chi connectivity index (χ3v) is 2.63. The molecule has 0 aliphatic carbocycles. The summed E-state index contributed by atoms with van der Waals surface area (Å²) < 4.78 is 13.6. The van der Waals surface area contributed by atoms with Crippen LogP contribution in [0, 0.1) is 23.1 Å². The molecule has 0 amide bonds. The number of rotatable bonds is 4. The van der Waals surface area contributed by atoms with Crippen molar-refractivity contribution in [1.82, 2.24) is 5.32 Å². The van der Waals surface area contributed by atoms with Crippen LogP contribution in [0.5, 0.6) is 0 Å². The van der Waals surface area contributed by atoms with Gasteiger partial charge in [-0.25, -0.2) is 4.39 Å². The molecule has 2 nitrogen and oxygen atoms in total. The smallest absolute Gasteiger partial charge is 0.137 e. The topological polar surface area (TPSA) is 35.8 Å². The van der Waals surface area contributed by atoms with E-state index in [0.717, 1.165) is 5.56 Å². The maximum absolute atomic E-state index is 13.1. The average molecular weight is 271 g/mol. The van der Waals surface area contributed by atoms with Gasteiger partial charge in [0.2, 0.25) is 0 Å². The minimum atomic E-state index is -0.261. The fourth-order valence-electron chi connectivity index (χ4n) is 1.13. The van der Waals surface area contributed by atoms with Gasteiger partial charge >= 0.3 is 0 Å². The lowest BCUT2D eigenvalue weighted by atomic mass is 10.2. The third-order valence-electron chi connectivity index (χ3n) is 1.98. The molecule has 0 heterocycles. The van der Waals surface area contributed by atoms with Crippen molar-refractivity contribution < 1.29 is 4.39 Å². The Morgan fingerprint density at radius 1 is 1.60 bits per heavy atom. The number of hydrogen-bond donors (Lipinski definition) is 1. The van der Waals surface area contributed by atoms with Gasteiger partial charge in [0, 0.05) is 13.1 Å². The summed E-state index contributed by atoms with van der Waals surface area (Å²) in [6, 6.07) is 7.13. The van der Waals surface area contributed by atoms with Crippen LogP contribution in [0.15, 0.2) is 22.7 Å². The Labute approximate surface area is 97.2 Å². The minimum absolute atomic E-state index is 0.0229. The Hall–Kier alpha value is -0.920. The lowest BCUT2D eigenvalue weighted by Gasteiger charge is -2.06. The number of hydrogen-bond acceptors (Lipinski definition) is 2. The molecule has 1 atom stereocenters. The van der Waals surface area contributed by atoms with Crippen LogP contribution in [0.4, 0.5) is 4.39 Å². The highest BCUT2D eigenvalue weighted by molar-refractivity contribution is 9.10. The van der Waals surface area contributed by atoms with Gasteiger partial charge in [0.15, 0.2) is 0 Å². The van der Waals surface area contributed by atoms with E-state index in [9.17, 15) is 4.39 Å². The highest BCUT2D eigenvalue weighted by Crippen LogP contribution is 2.16. The number of nitrogens with zero attached hydrogens (tertiary/aromatic N) is 1. The quantitative estimate of drug-likeness (QED) is 0.914. The average Bonchev–Trinajstić information content (AvgIpc) is 2.23. The molecule has 0 bridgehead atoms. The predicted octanol–water partition coefficient (Wildman–Crippen LogP) is 2.84. The first-order valence-electron chi connectivity index (χ1n) is 4.67. The van der Waals surface area contributed by atoms with E-state index in [0.29, 0.717) is 17.6 Å². The summed E-state index contributed by atoms with van der Waals surface area (Å²) in [7, 11) is 0. The zero-order valence-electron chi connectivity index (χ0n) is 8.43. The molecular weight excluding hydrogens is 259 g/mol. The zero-order valence-corrected chi connectivity index (χ0v) is 10.0. The van der Waals surface area contributed by atoms with Crippen molar-refractivity contribution in [1.29, 1.82) is 5.26 Å². The van der Waals surface area contributed by atoms with E-state index in [1.165, 1.54) is 6.07 Å². The molecule has 0 aromatic heterocycles. The second-order valence-electron chi connectivity index (χ2n) is 3.41. The van der Waals surface area contributed by atoms with Crippen LogP contribution >= 0.6 is 15.9 Å². The number of benzene rings is 1. The van der Waals surface area contributed by atoms with Crippen molar-refractivity contribution in [2.24, 2.45) is 5.92 Å². The fraction of sp³-hybridized carbons (Fsp3) is 0.364. The van der Waals surface area contributed by atoms with Crippen LogP contribution in [0.3, 0.4) is 0 Å². The van der Waals surface area contributed by atoms with Gasteiger partial charge in [0.05, 0.1) is 16.5 Å². The number of nitrogens with one attached hydrogen (secondary N) is 1. The van der Waals surface area contributed by atoms with Crippen LogP contribution in [-0.4, -0.2) is 6.54 Å². The molecule has 1 N–H and O–H groups in total. The summed E-state index contributed by atoms with van der Waals surface area (Å²) in [6.07, 6.45) is 0. The summed E-state index contributed by atoms with van der Waals surface area (Å²) in [6.45, 7) is 3.04. The Bertz CT molecular complexity index is 373. The molecule has 0 spiro atoms. The van der Waals surface area contributed by atoms with Crippen molar-refractivity contribution in [2.45, 2.75) is 13.5 Å². The normalized spacial score (nSPS) is 12.1. The summed E-state index contributed by atoms with van der Waals surface area (Å²) in [5.74, 6) is -0.284. The Kier molecular flexibility index (Phi) is 4.73. The molecule has 0 saturated carbocycles. The van der Waals surface area contributed by atoms with Gasteiger partial charge < -0.3 is 5.32 Å². The molecule has 1 aromatic rings. The first-order valence-corrected chi connectivity index (χ1v) is 5.47. The summed E-state index contributed by atoms with van der Waals surface area (Å²) in [5.41, 5.74) is 0.876. The van der Waals surface area contributed by atoms with Crippen LogP contribution in [-0.2, 0) is 6.54 Å². The molecule has 0 aliphatic heterocycles. The second kappa shape index (κ2) is 5.84. The Morgan fingerprint density at radius 2 is 2.33 bits per heavy atom. The van der Waals surface area contributed by atoms with Gasteiger partial charge in [-0.2, -0.15) is 5.26 Å². The van der Waals surface area contributed by atoms with Crippen molar-refractivity contribution >= 4 is 15.9 Å². The Morgan fingerprint density at radius 3 is 2.93 bits per heavy atom. The molecule has 0 saturated heterocycles. The van der Waals surface area contributed by atoms with Crippen molar-refractivity contribution in [3.8, 4) is 6.07 Å². The SMILES string of the molecule is CC(C#N)CNCc1ccc(Br)c(F)c1. The summed E-state index contributed by atoms with van der Waals surface area (Å²) in [4.78, 5) is 0. The van der Waals surface area contributed by atoms with Crippen LogP contribution in [0.1, 0.15) is 12.5 Å². The van der Waals surface area contributed by atoms with E-state index >= 15 is 0 Å². The molecule has 4 heteroatoms. The molecule has 15 heavy (non-hydrogen) atoms. The molecule has 1 rings (SSSR count). The maximum atomic E-state index is 13.1. The minimum Gasteiger partial charge on any atom is -0.311 e. The van der Waals surface area contributed by atoms with E-state index in [-0.39, 0.29) is 11.7 Å². The van der Waals surface area contributed by atoms with Crippen LogP contribution < -0.4 is 5.32 Å². The highest BCUT2D eigenvalue weighted by Gasteiger charge is 2.01. The molecule has 0 fully saturated rings. The number of nitriles is 1. The summed E-state index contributed by atoms with van der Waals surface area (Å²) >= 11 is 3.09. The Balaban J connectivity index is 2.45. The van der Waals surface area contributed by atoms with E-state index < -0.39 is 0 Å². The monoisotopic (exact) mass is 270 g/mol. The van der Waals surface area contributed by atoms with Crippen molar-refractivity contribution in [3.05, 3.63) is 34.1 Å². The molecule has 80 valence electrons. The van der Waals surface area contributed by atoms with Crippen LogP contribution in [0.25, 0.3) is 0 Å². The molecule has 0 aliphatic rings. The first kappa shape index (κ1) is 12.2. The van der Waals surface area contributed by atoms with E-state index in [1.54, 1.807) is 6.07 Å². The standard InChI is InChI=1S/C11H12BrFN2/c1-8(5-14)6-15-7-9-2-3-10(12)11(13)4-9/h2-4,8,15H,6-7H2,1H3. The number of halogens is 2. The van der Waals surface area contributed by atoms with Gasteiger partial charge in [-0.3, -0.25) is 0 Å².